The van der Waals surface area contributed by atoms with E-state index in [1.165, 1.54) is 18.4 Å². The summed E-state index contributed by atoms with van der Waals surface area (Å²) in [6, 6.07) is 17.4. The summed E-state index contributed by atoms with van der Waals surface area (Å²) in [5.74, 6) is 0.717. The number of nitrogens with zero attached hydrogens (tertiary/aromatic N) is 2. The Bertz CT molecular complexity index is 1180. The first kappa shape index (κ1) is 28.5. The lowest BCUT2D eigenvalue weighted by Crippen LogP contribution is -2.37. The smallest absolute Gasteiger partial charge is 0.256 e. The number of amides is 2. The van der Waals surface area contributed by atoms with Crippen LogP contribution in [0.1, 0.15) is 97.3 Å². The van der Waals surface area contributed by atoms with Crippen LogP contribution in [0.2, 0.25) is 0 Å². The molecule has 0 bridgehead atoms. The first-order chi connectivity index (χ1) is 19.1. The van der Waals surface area contributed by atoms with Crippen LogP contribution in [0.4, 0.5) is 11.4 Å². The molecule has 6 heteroatoms. The molecule has 1 aromatic heterocycles. The van der Waals surface area contributed by atoms with Crippen molar-refractivity contribution in [1.82, 2.24) is 4.90 Å². The summed E-state index contributed by atoms with van der Waals surface area (Å²) in [7, 11) is 0. The Balaban J connectivity index is 1.58. The normalized spacial score (nSPS) is 13.3. The summed E-state index contributed by atoms with van der Waals surface area (Å²) in [4.78, 5) is 31.1. The predicted octanol–water partition coefficient (Wildman–Crippen LogP) is 7.70. The molecule has 3 aromatic rings. The van der Waals surface area contributed by atoms with E-state index in [0.717, 1.165) is 76.0 Å². The molecule has 1 aliphatic rings. The molecule has 1 fully saturated rings. The molecule has 1 aliphatic heterocycles. The van der Waals surface area contributed by atoms with Gasteiger partial charge < -0.3 is 19.5 Å². The van der Waals surface area contributed by atoms with E-state index in [2.05, 4.69) is 24.1 Å². The van der Waals surface area contributed by atoms with Crippen LogP contribution < -0.4 is 10.2 Å². The summed E-state index contributed by atoms with van der Waals surface area (Å²) < 4.78 is 5.65. The fourth-order valence-corrected chi connectivity index (χ4v) is 5.16. The van der Waals surface area contributed by atoms with Gasteiger partial charge in [0.25, 0.3) is 11.8 Å². The average Bonchev–Trinajstić information content (AvgIpc) is 3.49. The molecule has 208 valence electrons. The van der Waals surface area contributed by atoms with Gasteiger partial charge in [-0.3, -0.25) is 9.59 Å². The number of unbranched alkanes of at least 4 members (excludes halogenated alkanes) is 3. The van der Waals surface area contributed by atoms with Gasteiger partial charge >= 0.3 is 0 Å². The summed E-state index contributed by atoms with van der Waals surface area (Å²) in [5.41, 5.74) is 4.00. The standard InChI is InChI=1S/C33H43N3O3/c1-3-5-8-12-26-14-16-27(17-15-26)32(37)34-28-18-19-31(30(24-28)33(38)35-21-9-7-10-22-35)36(20-6-4-2)25-29-13-11-23-39-29/h11,13-19,23-24H,3-10,12,20-22,25H2,1-2H3,(H,34,37). The van der Waals surface area contributed by atoms with Gasteiger partial charge in [0.2, 0.25) is 0 Å². The van der Waals surface area contributed by atoms with Gasteiger partial charge in [-0.25, -0.2) is 0 Å². The van der Waals surface area contributed by atoms with Crippen molar-refractivity contribution in [1.29, 1.82) is 0 Å². The van der Waals surface area contributed by atoms with Gasteiger partial charge in [0.05, 0.1) is 24.1 Å². The molecular formula is C33H43N3O3. The highest BCUT2D eigenvalue weighted by atomic mass is 16.3. The fourth-order valence-electron chi connectivity index (χ4n) is 5.16. The second-order valence-corrected chi connectivity index (χ2v) is 10.5. The summed E-state index contributed by atoms with van der Waals surface area (Å²) >= 11 is 0. The molecular weight excluding hydrogens is 486 g/mol. The highest BCUT2D eigenvalue weighted by Gasteiger charge is 2.24. The van der Waals surface area contributed by atoms with Crippen LogP contribution in [0.5, 0.6) is 0 Å². The minimum atomic E-state index is -0.169. The molecule has 0 aliphatic carbocycles. The van der Waals surface area contributed by atoms with Gasteiger partial charge in [-0.15, -0.1) is 0 Å². The lowest BCUT2D eigenvalue weighted by molar-refractivity contribution is 0.0724. The van der Waals surface area contributed by atoms with E-state index in [1.54, 1.807) is 6.26 Å². The number of nitrogens with one attached hydrogen (secondary N) is 1. The maximum atomic E-state index is 13.8. The molecule has 2 heterocycles. The number of hydrogen-bond donors (Lipinski definition) is 1. The first-order valence-electron chi connectivity index (χ1n) is 14.7. The van der Waals surface area contributed by atoms with E-state index < -0.39 is 0 Å². The monoisotopic (exact) mass is 529 g/mol. The SMILES string of the molecule is CCCCCc1ccc(C(=O)Nc2ccc(N(CCCC)Cc3ccco3)c(C(=O)N3CCCCC3)c2)cc1. The molecule has 0 radical (unpaired) electrons. The lowest BCUT2D eigenvalue weighted by atomic mass is 10.0. The van der Waals surface area contributed by atoms with E-state index in [0.29, 0.717) is 23.4 Å². The van der Waals surface area contributed by atoms with Crippen LogP contribution in [0.15, 0.2) is 65.3 Å². The zero-order valence-corrected chi connectivity index (χ0v) is 23.6. The number of carbonyl (C=O) groups excluding carboxylic acids is 2. The van der Waals surface area contributed by atoms with Crippen molar-refractivity contribution in [2.45, 2.75) is 78.2 Å². The molecule has 1 saturated heterocycles. The second kappa shape index (κ2) is 14.6. The molecule has 39 heavy (non-hydrogen) atoms. The Kier molecular flexibility index (Phi) is 10.6. The van der Waals surface area contributed by atoms with Crippen molar-refractivity contribution < 1.29 is 14.0 Å². The Morgan fingerprint density at radius 2 is 1.69 bits per heavy atom. The number of rotatable bonds is 13. The van der Waals surface area contributed by atoms with Crippen LogP contribution in [0.3, 0.4) is 0 Å². The van der Waals surface area contributed by atoms with Crippen LogP contribution in [0, 0.1) is 0 Å². The van der Waals surface area contributed by atoms with Gasteiger partial charge in [0, 0.05) is 30.9 Å². The highest BCUT2D eigenvalue weighted by Crippen LogP contribution is 2.29. The Morgan fingerprint density at radius 1 is 0.923 bits per heavy atom. The Hall–Kier alpha value is -3.54. The number of likely N-dealkylation sites (tertiary alicyclic amines) is 1. The van der Waals surface area contributed by atoms with E-state index in [9.17, 15) is 9.59 Å². The molecule has 6 nitrogen and oxygen atoms in total. The van der Waals surface area contributed by atoms with Crippen molar-refractivity contribution in [3.8, 4) is 0 Å². The van der Waals surface area contributed by atoms with Gasteiger partial charge in [-0.1, -0.05) is 45.2 Å². The zero-order valence-electron chi connectivity index (χ0n) is 23.6. The third kappa shape index (κ3) is 7.98. The second-order valence-electron chi connectivity index (χ2n) is 10.5. The van der Waals surface area contributed by atoms with Gasteiger partial charge in [0.15, 0.2) is 0 Å². The zero-order chi connectivity index (χ0) is 27.5. The van der Waals surface area contributed by atoms with E-state index in [1.807, 2.05) is 59.5 Å². The number of anilines is 2. The number of aryl methyl sites for hydroxylation is 1. The Morgan fingerprint density at radius 3 is 2.38 bits per heavy atom. The van der Waals surface area contributed by atoms with Crippen LogP contribution in [0.25, 0.3) is 0 Å². The number of carbonyl (C=O) groups is 2. The summed E-state index contributed by atoms with van der Waals surface area (Å²) in [6.07, 6.45) is 11.6. The van der Waals surface area contributed by atoms with E-state index >= 15 is 0 Å². The maximum Gasteiger partial charge on any atom is 0.256 e. The molecule has 0 spiro atoms. The largest absolute Gasteiger partial charge is 0.467 e. The average molecular weight is 530 g/mol. The highest BCUT2D eigenvalue weighted by molar-refractivity contribution is 6.06. The third-order valence-electron chi connectivity index (χ3n) is 7.46. The van der Waals surface area contributed by atoms with Crippen LogP contribution in [-0.2, 0) is 13.0 Å². The minimum Gasteiger partial charge on any atom is -0.467 e. The minimum absolute atomic E-state index is 0.0261. The summed E-state index contributed by atoms with van der Waals surface area (Å²) in [6.45, 7) is 7.31. The van der Waals surface area contributed by atoms with Crippen molar-refractivity contribution in [2.24, 2.45) is 0 Å². The molecule has 0 unspecified atom stereocenters. The van der Waals surface area contributed by atoms with E-state index in [4.69, 9.17) is 4.42 Å². The maximum absolute atomic E-state index is 13.8. The topological polar surface area (TPSA) is 65.8 Å². The molecule has 1 N–H and O–H groups in total. The van der Waals surface area contributed by atoms with Crippen molar-refractivity contribution in [2.75, 3.05) is 29.9 Å². The van der Waals surface area contributed by atoms with Gasteiger partial charge in [-0.2, -0.15) is 0 Å². The molecule has 2 aromatic carbocycles. The first-order valence-corrected chi connectivity index (χ1v) is 14.7. The van der Waals surface area contributed by atoms with Crippen LogP contribution >= 0.6 is 0 Å². The van der Waals surface area contributed by atoms with Crippen molar-refractivity contribution >= 4 is 23.2 Å². The molecule has 0 atom stereocenters. The third-order valence-corrected chi connectivity index (χ3v) is 7.46. The van der Waals surface area contributed by atoms with Crippen molar-refractivity contribution in [3.05, 3.63) is 83.3 Å². The molecule has 0 saturated carbocycles. The summed E-state index contributed by atoms with van der Waals surface area (Å²) in [5, 5.41) is 3.04. The lowest BCUT2D eigenvalue weighted by Gasteiger charge is -2.31. The van der Waals surface area contributed by atoms with E-state index in [-0.39, 0.29) is 11.8 Å². The number of furan rings is 1. The van der Waals surface area contributed by atoms with Crippen molar-refractivity contribution in [3.63, 3.8) is 0 Å². The predicted molar refractivity (Wildman–Crippen MR) is 158 cm³/mol. The number of piperidine rings is 1. The molecule has 2 amide bonds. The van der Waals surface area contributed by atoms with Crippen LogP contribution in [-0.4, -0.2) is 36.3 Å². The quantitative estimate of drug-likeness (QED) is 0.230. The number of hydrogen-bond acceptors (Lipinski definition) is 4. The molecule has 4 rings (SSSR count). The van der Waals surface area contributed by atoms with Gasteiger partial charge in [-0.05, 0) is 86.6 Å². The Labute approximate surface area is 233 Å². The van der Waals surface area contributed by atoms with Gasteiger partial charge in [0.1, 0.15) is 5.76 Å². The fraction of sp³-hybridized carbons (Fsp3) is 0.455. The number of benzene rings is 2.